The largest absolute Gasteiger partial charge is 0.508 e. The molecule has 3 amide bonds. The number of carbonyl (C=O) groups excluding carboxylic acids is 3. The number of unbranched alkanes of at least 4 members (excludes halogenated alkanes) is 1. The van der Waals surface area contributed by atoms with Gasteiger partial charge in [-0.3, -0.25) is 14.4 Å². The first-order valence-electron chi connectivity index (χ1n) is 13.2. The van der Waals surface area contributed by atoms with E-state index in [0.29, 0.717) is 38.9 Å². The fourth-order valence-corrected chi connectivity index (χ4v) is 3.53. The minimum Gasteiger partial charge on any atom is -0.508 e. The normalized spacial score (nSPS) is 11.6. The first-order valence-corrected chi connectivity index (χ1v) is 13.2. The van der Waals surface area contributed by atoms with E-state index >= 15 is 0 Å². The SMILES string of the molecule is CCCC(=O)N[C@@H](Cc1ccc(O)cc1)C(=O)NCCCNCCCCNCCCNC(=O)CCN. The number of nitrogens with one attached hydrogen (secondary N) is 5. The van der Waals surface area contributed by atoms with Gasteiger partial charge in [0, 0.05) is 38.9 Å². The van der Waals surface area contributed by atoms with Crippen molar-refractivity contribution >= 4 is 17.7 Å². The predicted octanol–water partition coefficient (Wildman–Crippen LogP) is 0.540. The Bertz CT molecular complexity index is 744. The van der Waals surface area contributed by atoms with Crippen LogP contribution in [0.3, 0.4) is 0 Å². The number of nitrogens with two attached hydrogens (primary N) is 1. The monoisotopic (exact) mass is 506 g/mol. The van der Waals surface area contributed by atoms with E-state index in [0.717, 1.165) is 63.8 Å². The van der Waals surface area contributed by atoms with Gasteiger partial charge in [0.15, 0.2) is 0 Å². The summed E-state index contributed by atoms with van der Waals surface area (Å²) in [6.07, 6.45) is 5.68. The second-order valence-corrected chi connectivity index (χ2v) is 8.83. The lowest BCUT2D eigenvalue weighted by Gasteiger charge is -2.19. The number of aromatic hydroxyl groups is 1. The summed E-state index contributed by atoms with van der Waals surface area (Å²) in [5.74, 6) is -0.158. The summed E-state index contributed by atoms with van der Waals surface area (Å²) in [4.78, 5) is 36.0. The molecule has 1 aromatic rings. The number of phenolic OH excluding ortho intramolecular Hbond substituents is 1. The van der Waals surface area contributed by atoms with Gasteiger partial charge in [0.2, 0.25) is 17.7 Å². The molecule has 0 saturated heterocycles. The highest BCUT2D eigenvalue weighted by molar-refractivity contribution is 5.87. The first-order chi connectivity index (χ1) is 17.5. The van der Waals surface area contributed by atoms with Crippen molar-refractivity contribution in [1.29, 1.82) is 0 Å². The van der Waals surface area contributed by atoms with Gasteiger partial charge in [-0.1, -0.05) is 19.1 Å². The van der Waals surface area contributed by atoms with Crippen molar-refractivity contribution in [3.8, 4) is 5.75 Å². The number of rotatable bonds is 21. The number of hydrogen-bond acceptors (Lipinski definition) is 7. The molecule has 0 heterocycles. The van der Waals surface area contributed by atoms with E-state index < -0.39 is 6.04 Å². The minimum absolute atomic E-state index is 0.00998. The molecule has 0 unspecified atom stereocenters. The maximum atomic E-state index is 12.7. The van der Waals surface area contributed by atoms with Gasteiger partial charge in [-0.15, -0.1) is 0 Å². The number of hydrogen-bond donors (Lipinski definition) is 7. The van der Waals surface area contributed by atoms with E-state index in [1.165, 1.54) is 0 Å². The van der Waals surface area contributed by atoms with Crippen LogP contribution in [0.15, 0.2) is 24.3 Å². The van der Waals surface area contributed by atoms with E-state index in [9.17, 15) is 19.5 Å². The molecule has 204 valence electrons. The highest BCUT2D eigenvalue weighted by Crippen LogP contribution is 2.11. The Labute approximate surface area is 215 Å². The van der Waals surface area contributed by atoms with Crippen LogP contribution < -0.4 is 32.3 Å². The van der Waals surface area contributed by atoms with Gasteiger partial charge in [-0.05, 0) is 76.0 Å². The Kier molecular flexibility index (Phi) is 17.8. The van der Waals surface area contributed by atoms with Gasteiger partial charge in [-0.25, -0.2) is 0 Å². The molecule has 10 heteroatoms. The lowest BCUT2D eigenvalue weighted by Crippen LogP contribution is -2.48. The summed E-state index contributed by atoms with van der Waals surface area (Å²) < 4.78 is 0. The second kappa shape index (κ2) is 20.5. The molecule has 0 spiro atoms. The molecular formula is C26H46N6O4. The van der Waals surface area contributed by atoms with E-state index in [4.69, 9.17) is 5.73 Å². The Morgan fingerprint density at radius 3 is 1.97 bits per heavy atom. The number of carbonyl (C=O) groups is 3. The smallest absolute Gasteiger partial charge is 0.242 e. The van der Waals surface area contributed by atoms with Crippen LogP contribution in [0.2, 0.25) is 0 Å². The van der Waals surface area contributed by atoms with E-state index in [1.807, 2.05) is 6.92 Å². The fourth-order valence-electron chi connectivity index (χ4n) is 3.53. The molecule has 0 radical (unpaired) electrons. The van der Waals surface area contributed by atoms with Crippen LogP contribution in [0, 0.1) is 0 Å². The number of phenols is 1. The van der Waals surface area contributed by atoms with Crippen LogP contribution in [0.4, 0.5) is 0 Å². The van der Waals surface area contributed by atoms with Crippen LogP contribution in [0.25, 0.3) is 0 Å². The molecule has 0 aliphatic carbocycles. The lowest BCUT2D eigenvalue weighted by molar-refractivity contribution is -0.129. The standard InChI is InChI=1S/C26H46N6O4/c1-2-7-25(35)32-23(20-21-8-10-22(33)11-9-21)26(36)31-19-6-17-29-15-4-3-14-28-16-5-18-30-24(34)12-13-27/h8-11,23,28-29,33H,2-7,12-20,27H2,1H3,(H,30,34)(H,31,36)(H,32,35)/t23-/m0/s1. The average molecular weight is 507 g/mol. The second-order valence-electron chi connectivity index (χ2n) is 8.83. The van der Waals surface area contributed by atoms with Crippen LogP contribution >= 0.6 is 0 Å². The van der Waals surface area contributed by atoms with Gasteiger partial charge in [0.05, 0.1) is 0 Å². The maximum Gasteiger partial charge on any atom is 0.242 e. The van der Waals surface area contributed by atoms with Crippen molar-refractivity contribution < 1.29 is 19.5 Å². The van der Waals surface area contributed by atoms with Crippen molar-refractivity contribution in [2.24, 2.45) is 5.73 Å². The first kappa shape index (κ1) is 31.3. The molecule has 0 fully saturated rings. The highest BCUT2D eigenvalue weighted by Gasteiger charge is 2.20. The fraction of sp³-hybridized carbons (Fsp3) is 0.654. The van der Waals surface area contributed by atoms with E-state index in [2.05, 4.69) is 26.6 Å². The minimum atomic E-state index is -0.642. The lowest BCUT2D eigenvalue weighted by atomic mass is 10.0. The number of amides is 3. The van der Waals surface area contributed by atoms with E-state index in [1.54, 1.807) is 24.3 Å². The molecule has 1 rings (SSSR count). The Morgan fingerprint density at radius 1 is 0.806 bits per heavy atom. The zero-order valence-corrected chi connectivity index (χ0v) is 21.7. The molecule has 0 aliphatic heterocycles. The molecule has 0 bridgehead atoms. The van der Waals surface area contributed by atoms with E-state index in [-0.39, 0.29) is 23.5 Å². The third-order valence-corrected chi connectivity index (χ3v) is 5.52. The quantitative estimate of drug-likeness (QED) is 0.120. The van der Waals surface area contributed by atoms with Gasteiger partial charge < -0.3 is 37.4 Å². The van der Waals surface area contributed by atoms with Gasteiger partial charge in [0.1, 0.15) is 11.8 Å². The van der Waals surface area contributed by atoms with Crippen molar-refractivity contribution in [2.75, 3.05) is 45.8 Å². The molecule has 0 aliphatic rings. The third-order valence-electron chi connectivity index (χ3n) is 5.52. The highest BCUT2D eigenvalue weighted by atomic mass is 16.3. The topological polar surface area (TPSA) is 158 Å². The van der Waals surface area contributed by atoms with Crippen LogP contribution in [-0.2, 0) is 20.8 Å². The van der Waals surface area contributed by atoms with Crippen LogP contribution in [-0.4, -0.2) is 74.7 Å². The molecule has 0 aromatic heterocycles. The zero-order chi connectivity index (χ0) is 26.4. The Morgan fingerprint density at radius 2 is 1.39 bits per heavy atom. The van der Waals surface area contributed by atoms with Crippen molar-refractivity contribution in [3.63, 3.8) is 0 Å². The molecular weight excluding hydrogens is 460 g/mol. The molecule has 10 nitrogen and oxygen atoms in total. The summed E-state index contributed by atoms with van der Waals surface area (Å²) in [7, 11) is 0. The summed E-state index contributed by atoms with van der Waals surface area (Å²) in [5, 5.41) is 24.8. The maximum absolute atomic E-state index is 12.7. The van der Waals surface area contributed by atoms with Crippen molar-refractivity contribution in [1.82, 2.24) is 26.6 Å². The molecule has 0 saturated carbocycles. The summed E-state index contributed by atoms with van der Waals surface area (Å²) in [5.41, 5.74) is 6.20. The van der Waals surface area contributed by atoms with Crippen LogP contribution in [0.1, 0.15) is 57.4 Å². The molecule has 8 N–H and O–H groups in total. The average Bonchev–Trinajstić information content (AvgIpc) is 2.85. The number of benzene rings is 1. The molecule has 36 heavy (non-hydrogen) atoms. The van der Waals surface area contributed by atoms with Crippen LogP contribution in [0.5, 0.6) is 5.75 Å². The molecule has 1 aromatic carbocycles. The summed E-state index contributed by atoms with van der Waals surface area (Å²) in [6, 6.07) is 6.02. The van der Waals surface area contributed by atoms with Gasteiger partial charge >= 0.3 is 0 Å². The Hall–Kier alpha value is -2.69. The van der Waals surface area contributed by atoms with Gasteiger partial charge in [-0.2, -0.15) is 0 Å². The van der Waals surface area contributed by atoms with Crippen molar-refractivity contribution in [2.45, 2.75) is 64.3 Å². The van der Waals surface area contributed by atoms with Gasteiger partial charge in [0.25, 0.3) is 0 Å². The van der Waals surface area contributed by atoms with Crippen molar-refractivity contribution in [3.05, 3.63) is 29.8 Å². The predicted molar refractivity (Wildman–Crippen MR) is 143 cm³/mol. The summed E-state index contributed by atoms with van der Waals surface area (Å²) in [6.45, 7) is 7.06. The molecule has 1 atom stereocenters. The Balaban J connectivity index is 2.11. The zero-order valence-electron chi connectivity index (χ0n) is 21.7. The third kappa shape index (κ3) is 16.1. The summed E-state index contributed by atoms with van der Waals surface area (Å²) >= 11 is 0.